The Kier molecular flexibility index (Phi) is 6.11. The van der Waals surface area contributed by atoms with E-state index in [1.54, 1.807) is 30.3 Å². The van der Waals surface area contributed by atoms with Gasteiger partial charge in [0.2, 0.25) is 0 Å². The predicted octanol–water partition coefficient (Wildman–Crippen LogP) is -3.81. The number of benzene rings is 2. The number of urea groups is 1. The number of amides is 4. The van der Waals surface area contributed by atoms with Gasteiger partial charge in [-0.25, -0.2) is 14.7 Å². The summed E-state index contributed by atoms with van der Waals surface area (Å²) < 4.78 is 1.52. The maximum atomic E-state index is 13.6. The molecule has 14 nitrogen and oxygen atoms in total. The van der Waals surface area contributed by atoms with Crippen molar-refractivity contribution >= 4 is 35.5 Å². The fourth-order valence-electron chi connectivity index (χ4n) is 7.35. The van der Waals surface area contributed by atoms with E-state index in [0.717, 1.165) is 41.7 Å². The highest BCUT2D eigenvalue weighted by atomic mass is 16.5. The molecule has 2 fully saturated rings. The molecule has 7 rings (SSSR count). The Morgan fingerprint density at radius 1 is 1.09 bits per heavy atom. The van der Waals surface area contributed by atoms with Crippen LogP contribution in [0.25, 0.3) is 0 Å². The van der Waals surface area contributed by atoms with Gasteiger partial charge in [0.1, 0.15) is 18.6 Å². The molecule has 5 aliphatic rings. The summed E-state index contributed by atoms with van der Waals surface area (Å²) in [6, 6.07) is 11.2. The first-order valence-corrected chi connectivity index (χ1v) is 14.5. The molecule has 0 aromatic heterocycles. The Hall–Kier alpha value is -4.69. The lowest BCUT2D eigenvalue weighted by Gasteiger charge is -2.41. The molecule has 14 heteroatoms. The molecule has 0 saturated carbocycles. The standard InChI is InChI=1S/C29H33N9O5/c30-25-34-23-20(13-37-22(39)15-36(27(37)41)17-9-2-1-3-10-17)32-26(31)38-14-21(29(42,43)28(23,38)35-25)33-24(40)19-12-6-8-16-7-4-5-11-18(16)19/h1-3,6,8-10,12,20-21,23,42-43H,4-5,7,11,13-15H2,(H6,30,31,32,33,34,35,40)/p+2/t20-,21?,23-,28-/m0/s1. The van der Waals surface area contributed by atoms with E-state index in [1.807, 2.05) is 18.2 Å². The quantitative estimate of drug-likeness (QED) is 0.0977. The zero-order valence-electron chi connectivity index (χ0n) is 23.4. The average Bonchev–Trinajstić information content (AvgIpc) is 3.58. The van der Waals surface area contributed by atoms with Crippen LogP contribution in [0.3, 0.4) is 0 Å². The van der Waals surface area contributed by atoms with Crippen molar-refractivity contribution in [3.63, 3.8) is 0 Å². The lowest BCUT2D eigenvalue weighted by Crippen LogP contribution is -2.92. The molecule has 1 aliphatic carbocycles. The summed E-state index contributed by atoms with van der Waals surface area (Å²) in [5.74, 6) is -3.28. The Labute approximate surface area is 247 Å². The minimum atomic E-state index is -2.59. The number of hydrogen-bond donors (Lipinski definition) is 8. The van der Waals surface area contributed by atoms with Crippen LogP contribution in [0.5, 0.6) is 0 Å². The van der Waals surface area contributed by atoms with Crippen molar-refractivity contribution in [3.05, 3.63) is 65.2 Å². The normalized spacial score (nSPS) is 29.0. The summed E-state index contributed by atoms with van der Waals surface area (Å²) in [4.78, 5) is 45.5. The van der Waals surface area contributed by atoms with Gasteiger partial charge >= 0.3 is 18.0 Å². The van der Waals surface area contributed by atoms with E-state index in [1.165, 1.54) is 9.48 Å². The van der Waals surface area contributed by atoms with Crippen LogP contribution in [0.4, 0.5) is 10.5 Å². The van der Waals surface area contributed by atoms with E-state index in [-0.39, 0.29) is 31.6 Å². The van der Waals surface area contributed by atoms with Gasteiger partial charge in [0.15, 0.2) is 6.04 Å². The zero-order valence-corrected chi connectivity index (χ0v) is 23.4. The van der Waals surface area contributed by atoms with E-state index in [4.69, 9.17) is 11.5 Å². The number of para-hydroxylation sites is 1. The summed E-state index contributed by atoms with van der Waals surface area (Å²) in [7, 11) is 0. The third kappa shape index (κ3) is 3.97. The summed E-state index contributed by atoms with van der Waals surface area (Å²) >= 11 is 0. The second-order valence-electron chi connectivity index (χ2n) is 11.8. The van der Waals surface area contributed by atoms with Crippen LogP contribution in [-0.2, 0) is 17.6 Å². The number of carbonyl (C=O) groups excluding carboxylic acids is 3. The fraction of sp³-hybridized carbons (Fsp3) is 0.414. The number of aliphatic hydroxyl groups is 2. The molecule has 1 unspecified atom stereocenters. The van der Waals surface area contributed by atoms with Crippen LogP contribution >= 0.6 is 0 Å². The van der Waals surface area contributed by atoms with Gasteiger partial charge in [-0.3, -0.25) is 41.2 Å². The number of fused-ring (bicyclic) bond motifs is 1. The van der Waals surface area contributed by atoms with Gasteiger partial charge in [-0.1, -0.05) is 30.3 Å². The molecule has 1 spiro atoms. The van der Waals surface area contributed by atoms with Gasteiger partial charge < -0.3 is 15.5 Å². The molecule has 4 aliphatic heterocycles. The van der Waals surface area contributed by atoms with Crippen molar-refractivity contribution in [2.45, 2.75) is 55.3 Å². The summed E-state index contributed by atoms with van der Waals surface area (Å²) in [6.07, 6.45) is 3.73. The Morgan fingerprint density at radius 2 is 1.86 bits per heavy atom. The van der Waals surface area contributed by atoms with Crippen molar-refractivity contribution in [3.8, 4) is 0 Å². The third-order valence-corrected chi connectivity index (χ3v) is 9.40. The number of hydrogen-bond acceptors (Lipinski definition) is 9. The van der Waals surface area contributed by atoms with Gasteiger partial charge in [0, 0.05) is 11.3 Å². The molecule has 0 radical (unpaired) electrons. The Bertz CT molecular complexity index is 1590. The second-order valence-corrected chi connectivity index (χ2v) is 11.8. The summed E-state index contributed by atoms with van der Waals surface area (Å²) in [5, 5.41) is 32.6. The third-order valence-electron chi connectivity index (χ3n) is 9.40. The highest BCUT2D eigenvalue weighted by Crippen LogP contribution is 2.38. The van der Waals surface area contributed by atoms with Crippen LogP contribution < -0.4 is 37.3 Å². The molecule has 4 atom stereocenters. The van der Waals surface area contributed by atoms with E-state index in [9.17, 15) is 24.6 Å². The highest BCUT2D eigenvalue weighted by Gasteiger charge is 2.78. The number of nitrogens with one attached hydrogen (secondary N) is 4. The summed E-state index contributed by atoms with van der Waals surface area (Å²) in [6.45, 7) is -0.313. The van der Waals surface area contributed by atoms with Crippen LogP contribution in [0, 0.1) is 0 Å². The van der Waals surface area contributed by atoms with Gasteiger partial charge in [-0.05, 0) is 55.0 Å². The number of rotatable bonds is 5. The van der Waals surface area contributed by atoms with E-state index in [2.05, 4.69) is 20.9 Å². The van der Waals surface area contributed by atoms with Gasteiger partial charge in [0.25, 0.3) is 23.3 Å². The van der Waals surface area contributed by atoms with Gasteiger partial charge in [-0.2, -0.15) is 0 Å². The first-order chi connectivity index (χ1) is 20.6. The van der Waals surface area contributed by atoms with Crippen LogP contribution in [0.2, 0.25) is 0 Å². The maximum Gasteiger partial charge on any atom is 0.347 e. The smallest absolute Gasteiger partial charge is 0.347 e. The lowest BCUT2D eigenvalue weighted by atomic mass is 9.84. The van der Waals surface area contributed by atoms with E-state index < -0.39 is 47.4 Å². The van der Waals surface area contributed by atoms with Gasteiger partial charge in [0.05, 0.1) is 13.1 Å². The molecule has 43 heavy (non-hydrogen) atoms. The molecule has 0 bridgehead atoms. The first-order valence-electron chi connectivity index (χ1n) is 14.5. The molecular formula is C29H35N9O5+2. The minimum Gasteiger partial charge on any atom is -0.358 e. The maximum absolute atomic E-state index is 13.6. The molecule has 224 valence electrons. The number of guanidine groups is 2. The number of nitrogens with zero attached hydrogens (tertiary/aromatic N) is 3. The molecule has 2 saturated heterocycles. The minimum absolute atomic E-state index is 0.0538. The van der Waals surface area contributed by atoms with Crippen molar-refractivity contribution in [1.29, 1.82) is 0 Å². The van der Waals surface area contributed by atoms with Crippen molar-refractivity contribution < 1.29 is 34.2 Å². The fourth-order valence-corrected chi connectivity index (χ4v) is 7.35. The van der Waals surface area contributed by atoms with Crippen LogP contribution in [0.1, 0.15) is 34.3 Å². The van der Waals surface area contributed by atoms with Crippen molar-refractivity contribution in [2.75, 3.05) is 24.5 Å². The van der Waals surface area contributed by atoms with Gasteiger partial charge in [-0.15, -0.1) is 0 Å². The lowest BCUT2D eigenvalue weighted by molar-refractivity contribution is -0.674. The molecule has 2 aromatic carbocycles. The second kappa shape index (κ2) is 9.67. The zero-order chi connectivity index (χ0) is 30.1. The van der Waals surface area contributed by atoms with E-state index in [0.29, 0.717) is 11.3 Å². The van der Waals surface area contributed by atoms with Crippen molar-refractivity contribution in [2.24, 2.45) is 11.5 Å². The number of imide groups is 1. The molecular weight excluding hydrogens is 554 g/mol. The van der Waals surface area contributed by atoms with Crippen LogP contribution in [-0.4, -0.2) is 98.7 Å². The summed E-state index contributed by atoms with van der Waals surface area (Å²) in [5.41, 5.74) is 14.1. The Balaban J connectivity index is 1.17. The molecule has 4 amide bonds. The molecule has 2 aromatic rings. The number of anilines is 1. The SMILES string of the molecule is NC1=[NH+][C@H]2[C@H](CN3C(=O)CN(c4ccccc4)C3=O)NC(N)=[N+]3CC(NC(=O)c4cccc5c4CCCC5)C(O)(O)[C@]23N1. The monoisotopic (exact) mass is 589 g/mol. The Morgan fingerprint density at radius 3 is 2.65 bits per heavy atom. The number of carbonyl (C=O) groups is 3. The largest absolute Gasteiger partial charge is 0.358 e. The van der Waals surface area contributed by atoms with Crippen molar-refractivity contribution in [1.82, 2.24) is 20.9 Å². The topological polar surface area (TPSA) is 203 Å². The predicted molar refractivity (Wildman–Crippen MR) is 153 cm³/mol. The number of aryl methyl sites for hydroxylation is 1. The first kappa shape index (κ1) is 27.2. The highest BCUT2D eigenvalue weighted by molar-refractivity contribution is 6.12. The molecule has 4 heterocycles. The number of nitrogens with two attached hydrogens (primary N) is 2. The van der Waals surface area contributed by atoms with Crippen LogP contribution in [0.15, 0.2) is 48.5 Å². The van der Waals surface area contributed by atoms with E-state index >= 15 is 0 Å². The molecule has 10 N–H and O–H groups in total. The average molecular weight is 590 g/mol.